The zero-order valence-corrected chi connectivity index (χ0v) is 15.2. The number of rotatable bonds is 7. The van der Waals surface area contributed by atoms with E-state index in [1.54, 1.807) is 7.11 Å². The molecule has 0 bridgehead atoms. The lowest BCUT2D eigenvalue weighted by molar-refractivity contribution is -0.143. The lowest BCUT2D eigenvalue weighted by atomic mass is 9.95. The number of carbonyl (C=O) groups excluding carboxylic acids is 2. The van der Waals surface area contributed by atoms with Crippen LogP contribution < -0.4 is 4.74 Å². The van der Waals surface area contributed by atoms with Crippen LogP contribution >= 0.6 is 0 Å². The first-order valence-corrected chi connectivity index (χ1v) is 9.34. The van der Waals surface area contributed by atoms with Gasteiger partial charge in [0.1, 0.15) is 5.75 Å². The van der Waals surface area contributed by atoms with Crippen LogP contribution in [-0.2, 0) is 16.1 Å². The molecule has 136 valence electrons. The van der Waals surface area contributed by atoms with Crippen molar-refractivity contribution in [1.29, 1.82) is 0 Å². The molecule has 1 atom stereocenters. The first-order chi connectivity index (χ1) is 12.1. The van der Waals surface area contributed by atoms with E-state index in [9.17, 15) is 9.59 Å². The molecule has 1 saturated heterocycles. The highest BCUT2D eigenvalue weighted by Gasteiger charge is 2.38. The maximum Gasteiger partial charge on any atom is 0.228 e. The van der Waals surface area contributed by atoms with E-state index in [2.05, 4.69) is 6.92 Å². The number of likely N-dealkylation sites (tertiary alicyclic amines) is 1. The molecule has 1 aromatic carbocycles. The lowest BCUT2D eigenvalue weighted by Gasteiger charge is -2.35. The smallest absolute Gasteiger partial charge is 0.228 e. The Hall–Kier alpha value is -2.04. The molecule has 0 spiro atoms. The van der Waals surface area contributed by atoms with Gasteiger partial charge in [-0.2, -0.15) is 0 Å². The lowest BCUT2D eigenvalue weighted by Crippen LogP contribution is -2.47. The van der Waals surface area contributed by atoms with Gasteiger partial charge in [-0.1, -0.05) is 25.1 Å². The number of carbonyl (C=O) groups is 2. The van der Waals surface area contributed by atoms with Gasteiger partial charge in [0.25, 0.3) is 0 Å². The van der Waals surface area contributed by atoms with Gasteiger partial charge >= 0.3 is 0 Å². The Kier molecular flexibility index (Phi) is 5.61. The fourth-order valence-corrected chi connectivity index (χ4v) is 3.63. The molecule has 1 aliphatic heterocycles. The summed E-state index contributed by atoms with van der Waals surface area (Å²) < 4.78 is 5.44. The second-order valence-corrected chi connectivity index (χ2v) is 7.08. The van der Waals surface area contributed by atoms with E-state index in [1.165, 1.54) is 0 Å². The van der Waals surface area contributed by atoms with Crippen LogP contribution in [-0.4, -0.2) is 47.9 Å². The largest absolute Gasteiger partial charge is 0.496 e. The van der Waals surface area contributed by atoms with Crippen LogP contribution in [0.25, 0.3) is 0 Å². The van der Waals surface area contributed by atoms with Crippen LogP contribution in [0.3, 0.4) is 0 Å². The van der Waals surface area contributed by atoms with E-state index in [0.717, 1.165) is 37.1 Å². The number of piperidine rings is 1. The quantitative estimate of drug-likeness (QED) is 0.764. The van der Waals surface area contributed by atoms with E-state index >= 15 is 0 Å². The van der Waals surface area contributed by atoms with E-state index in [-0.39, 0.29) is 17.7 Å². The summed E-state index contributed by atoms with van der Waals surface area (Å²) in [4.78, 5) is 29.1. The zero-order valence-electron chi connectivity index (χ0n) is 15.2. The fourth-order valence-electron chi connectivity index (χ4n) is 3.63. The minimum absolute atomic E-state index is 0.0699. The number of para-hydroxylation sites is 1. The van der Waals surface area contributed by atoms with E-state index in [1.807, 2.05) is 34.1 Å². The van der Waals surface area contributed by atoms with Gasteiger partial charge in [-0.25, -0.2) is 0 Å². The van der Waals surface area contributed by atoms with E-state index < -0.39 is 0 Å². The highest BCUT2D eigenvalue weighted by atomic mass is 16.5. The molecular weight excluding hydrogens is 316 g/mol. The average Bonchev–Trinajstić information content (AvgIpc) is 3.46. The van der Waals surface area contributed by atoms with Gasteiger partial charge in [0.2, 0.25) is 11.8 Å². The Labute approximate surface area is 149 Å². The Balaban J connectivity index is 1.72. The molecule has 0 unspecified atom stereocenters. The van der Waals surface area contributed by atoms with Gasteiger partial charge in [-0.15, -0.1) is 0 Å². The summed E-state index contributed by atoms with van der Waals surface area (Å²) in [6.45, 7) is 3.97. The van der Waals surface area contributed by atoms with Crippen LogP contribution in [0.4, 0.5) is 0 Å². The van der Waals surface area contributed by atoms with Crippen molar-refractivity contribution in [2.24, 2.45) is 5.92 Å². The van der Waals surface area contributed by atoms with Gasteiger partial charge in [0.15, 0.2) is 0 Å². The number of ether oxygens (including phenoxy) is 1. The number of methoxy groups -OCH3 is 1. The molecule has 1 heterocycles. The van der Waals surface area contributed by atoms with Gasteiger partial charge in [-0.05, 0) is 31.7 Å². The Morgan fingerprint density at radius 1 is 1.28 bits per heavy atom. The number of hydrogen-bond acceptors (Lipinski definition) is 3. The zero-order chi connectivity index (χ0) is 17.8. The van der Waals surface area contributed by atoms with Gasteiger partial charge in [0, 0.05) is 37.7 Å². The minimum atomic E-state index is -0.0699. The summed E-state index contributed by atoms with van der Waals surface area (Å²) in [5, 5.41) is 0. The molecule has 2 fully saturated rings. The van der Waals surface area contributed by atoms with E-state index in [0.29, 0.717) is 32.0 Å². The molecular formula is C20H28N2O3. The highest BCUT2D eigenvalue weighted by Crippen LogP contribution is 2.33. The second-order valence-electron chi connectivity index (χ2n) is 7.08. The first kappa shape index (κ1) is 17.8. The normalized spacial score (nSPS) is 20.5. The fraction of sp³-hybridized carbons (Fsp3) is 0.600. The molecule has 1 aromatic rings. The summed E-state index contributed by atoms with van der Waals surface area (Å²) in [6.07, 6.45) is 4.24. The van der Waals surface area contributed by atoms with Crippen molar-refractivity contribution in [2.45, 2.75) is 51.6 Å². The molecule has 1 saturated carbocycles. The number of nitrogens with zero attached hydrogens (tertiary/aromatic N) is 2. The van der Waals surface area contributed by atoms with Crippen LogP contribution in [0.2, 0.25) is 0 Å². The number of amides is 2. The van der Waals surface area contributed by atoms with Crippen molar-refractivity contribution in [1.82, 2.24) is 9.80 Å². The van der Waals surface area contributed by atoms with Gasteiger partial charge in [0.05, 0.1) is 13.0 Å². The molecule has 2 amide bonds. The SMILES string of the molecule is CCCN1C[C@H](C(=O)N(Cc2ccccc2OC)C2CC2)CCC1=O. The van der Waals surface area contributed by atoms with Crippen molar-refractivity contribution in [3.05, 3.63) is 29.8 Å². The third kappa shape index (κ3) is 4.14. The first-order valence-electron chi connectivity index (χ1n) is 9.34. The topological polar surface area (TPSA) is 49.9 Å². The molecule has 3 rings (SSSR count). The van der Waals surface area contributed by atoms with Crippen LogP contribution in [0.15, 0.2) is 24.3 Å². The van der Waals surface area contributed by atoms with E-state index in [4.69, 9.17) is 4.74 Å². The molecule has 5 nitrogen and oxygen atoms in total. The van der Waals surface area contributed by atoms with Crippen molar-refractivity contribution >= 4 is 11.8 Å². The van der Waals surface area contributed by atoms with Crippen LogP contribution in [0, 0.1) is 5.92 Å². The summed E-state index contributed by atoms with van der Waals surface area (Å²) in [5.41, 5.74) is 1.04. The predicted molar refractivity (Wildman–Crippen MR) is 96.2 cm³/mol. The minimum Gasteiger partial charge on any atom is -0.496 e. The third-order valence-electron chi connectivity index (χ3n) is 5.15. The molecule has 5 heteroatoms. The molecule has 0 aromatic heterocycles. The van der Waals surface area contributed by atoms with Crippen LogP contribution in [0.5, 0.6) is 5.75 Å². The second kappa shape index (κ2) is 7.89. The Morgan fingerprint density at radius 3 is 2.72 bits per heavy atom. The maximum atomic E-state index is 13.2. The summed E-state index contributed by atoms with van der Waals surface area (Å²) in [7, 11) is 1.66. The molecule has 1 aliphatic carbocycles. The Morgan fingerprint density at radius 2 is 2.04 bits per heavy atom. The number of benzene rings is 1. The maximum absolute atomic E-state index is 13.2. The van der Waals surface area contributed by atoms with Gasteiger partial charge < -0.3 is 14.5 Å². The summed E-state index contributed by atoms with van der Waals surface area (Å²) in [6, 6.07) is 8.23. The predicted octanol–water partition coefficient (Wildman–Crippen LogP) is 2.83. The van der Waals surface area contributed by atoms with Crippen molar-refractivity contribution in [3.63, 3.8) is 0 Å². The summed E-state index contributed by atoms with van der Waals surface area (Å²) >= 11 is 0. The highest BCUT2D eigenvalue weighted by molar-refractivity contribution is 5.84. The Bertz CT molecular complexity index is 627. The molecule has 25 heavy (non-hydrogen) atoms. The number of hydrogen-bond donors (Lipinski definition) is 0. The summed E-state index contributed by atoms with van der Waals surface area (Å²) in [5.74, 6) is 1.14. The molecule has 0 N–H and O–H groups in total. The molecule has 0 radical (unpaired) electrons. The van der Waals surface area contributed by atoms with Gasteiger partial charge in [-0.3, -0.25) is 9.59 Å². The molecule has 2 aliphatic rings. The monoisotopic (exact) mass is 344 g/mol. The van der Waals surface area contributed by atoms with Crippen molar-refractivity contribution in [2.75, 3.05) is 20.2 Å². The third-order valence-corrected chi connectivity index (χ3v) is 5.15. The van der Waals surface area contributed by atoms with Crippen molar-refractivity contribution < 1.29 is 14.3 Å². The standard InChI is InChI=1S/C20H28N2O3/c1-3-12-21-13-16(8-11-19(21)23)20(24)22(17-9-10-17)14-15-6-4-5-7-18(15)25-2/h4-7,16-17H,3,8-14H2,1-2H3/t16-/m1/s1. The van der Waals surface area contributed by atoms with Crippen molar-refractivity contribution in [3.8, 4) is 5.75 Å². The average molecular weight is 344 g/mol. The van der Waals surface area contributed by atoms with Crippen LogP contribution in [0.1, 0.15) is 44.6 Å².